The van der Waals surface area contributed by atoms with E-state index < -0.39 is 0 Å². The predicted molar refractivity (Wildman–Crippen MR) is 66.8 cm³/mol. The average molecular weight is 231 g/mol. The summed E-state index contributed by atoms with van der Waals surface area (Å²) in [4.78, 5) is 3.98. The fraction of sp³-hybridized carbons (Fsp3) is 0.154. The summed E-state index contributed by atoms with van der Waals surface area (Å²) < 4.78 is 0. The number of aliphatic hydroxyl groups is 1. The molecule has 0 fully saturated rings. The Morgan fingerprint density at radius 2 is 1.76 bits per heavy atom. The first-order chi connectivity index (χ1) is 8.24. The van der Waals surface area contributed by atoms with Crippen LogP contribution in [-0.4, -0.2) is 34.7 Å². The van der Waals surface area contributed by atoms with Crippen LogP contribution in [0.15, 0.2) is 35.3 Å². The van der Waals surface area contributed by atoms with E-state index in [1.807, 2.05) is 12.1 Å². The molecule has 2 aromatic carbocycles. The summed E-state index contributed by atoms with van der Waals surface area (Å²) in [5.41, 5.74) is 0.548. The Labute approximate surface area is 98.5 Å². The number of fused-ring (bicyclic) bond motifs is 1. The molecule has 0 atom stereocenters. The normalized spacial score (nSPS) is 11.4. The Kier molecular flexibility index (Phi) is 3.25. The highest BCUT2D eigenvalue weighted by atomic mass is 16.3. The second kappa shape index (κ2) is 4.84. The quantitative estimate of drug-likeness (QED) is 0.703. The van der Waals surface area contributed by atoms with Gasteiger partial charge in [-0.2, -0.15) is 0 Å². The molecule has 17 heavy (non-hydrogen) atoms. The van der Waals surface area contributed by atoms with E-state index in [-0.39, 0.29) is 24.7 Å². The summed E-state index contributed by atoms with van der Waals surface area (Å²) in [6.07, 6.45) is 1.51. The predicted octanol–water partition coefficient (Wildman–Crippen LogP) is 1.66. The van der Waals surface area contributed by atoms with E-state index in [1.165, 1.54) is 12.3 Å². The van der Waals surface area contributed by atoms with Crippen molar-refractivity contribution >= 4 is 17.0 Å². The van der Waals surface area contributed by atoms with Crippen LogP contribution >= 0.6 is 0 Å². The topological polar surface area (TPSA) is 73.1 Å². The lowest BCUT2D eigenvalue weighted by molar-refractivity contribution is 0.307. The summed E-state index contributed by atoms with van der Waals surface area (Å²) in [6.45, 7) is 0.252. The van der Waals surface area contributed by atoms with Crippen LogP contribution in [0.3, 0.4) is 0 Å². The van der Waals surface area contributed by atoms with Crippen molar-refractivity contribution < 1.29 is 15.3 Å². The zero-order valence-corrected chi connectivity index (χ0v) is 9.17. The standard InChI is InChI=1S/C13H13NO3/c15-6-5-14-8-11-9-3-1-2-4-10(9)12(16)7-13(11)17/h1-4,7-8,15-17H,5-6H2/b14-8+. The number of nitrogens with zero attached hydrogens (tertiary/aromatic N) is 1. The zero-order chi connectivity index (χ0) is 12.3. The van der Waals surface area contributed by atoms with Gasteiger partial charge in [0.2, 0.25) is 0 Å². The van der Waals surface area contributed by atoms with Crippen molar-refractivity contribution in [3.8, 4) is 11.5 Å². The third kappa shape index (κ3) is 2.21. The summed E-state index contributed by atoms with van der Waals surface area (Å²) in [6, 6.07) is 8.50. The Bertz CT molecular complexity index is 564. The molecular formula is C13H13NO3. The highest BCUT2D eigenvalue weighted by Crippen LogP contribution is 2.33. The van der Waals surface area contributed by atoms with Gasteiger partial charge in [0.15, 0.2) is 0 Å². The minimum Gasteiger partial charge on any atom is -0.507 e. The molecule has 0 aliphatic heterocycles. The molecule has 0 amide bonds. The minimum absolute atomic E-state index is 0.0251. The Morgan fingerprint density at radius 1 is 1.06 bits per heavy atom. The first-order valence-corrected chi connectivity index (χ1v) is 5.28. The number of hydrogen-bond acceptors (Lipinski definition) is 4. The van der Waals surface area contributed by atoms with Crippen LogP contribution in [0.5, 0.6) is 11.5 Å². The molecule has 2 aromatic rings. The van der Waals surface area contributed by atoms with Gasteiger partial charge in [0.1, 0.15) is 11.5 Å². The molecule has 2 rings (SSSR count). The Morgan fingerprint density at radius 3 is 2.47 bits per heavy atom. The number of phenols is 2. The largest absolute Gasteiger partial charge is 0.507 e. The van der Waals surface area contributed by atoms with Gasteiger partial charge in [-0.15, -0.1) is 0 Å². The third-order valence-corrected chi connectivity index (χ3v) is 2.49. The number of phenolic OH excluding ortho intramolecular Hbond substituents is 2. The molecule has 0 aliphatic carbocycles. The van der Waals surface area contributed by atoms with Crippen LogP contribution in [0.1, 0.15) is 5.56 Å². The highest BCUT2D eigenvalue weighted by Gasteiger charge is 2.08. The molecule has 0 heterocycles. The van der Waals surface area contributed by atoms with Gasteiger partial charge in [-0.25, -0.2) is 0 Å². The average Bonchev–Trinajstić information content (AvgIpc) is 2.33. The number of benzene rings is 2. The maximum Gasteiger partial charge on any atom is 0.128 e. The molecule has 0 aliphatic rings. The maximum absolute atomic E-state index is 9.77. The van der Waals surface area contributed by atoms with E-state index in [0.29, 0.717) is 10.9 Å². The summed E-state index contributed by atoms with van der Waals surface area (Å²) in [5.74, 6) is 0.0142. The summed E-state index contributed by atoms with van der Waals surface area (Å²) in [5, 5.41) is 29.5. The van der Waals surface area contributed by atoms with E-state index in [1.54, 1.807) is 12.1 Å². The molecule has 0 aromatic heterocycles. The molecule has 88 valence electrons. The van der Waals surface area contributed by atoms with Gasteiger partial charge in [0.25, 0.3) is 0 Å². The molecule has 0 saturated carbocycles. The Balaban J connectivity index is 2.61. The van der Waals surface area contributed by atoms with Crippen LogP contribution in [-0.2, 0) is 0 Å². The van der Waals surface area contributed by atoms with E-state index in [9.17, 15) is 10.2 Å². The smallest absolute Gasteiger partial charge is 0.128 e. The molecule has 0 unspecified atom stereocenters. The van der Waals surface area contributed by atoms with Crippen molar-refractivity contribution in [2.75, 3.05) is 13.2 Å². The van der Waals surface area contributed by atoms with Crippen molar-refractivity contribution in [1.29, 1.82) is 0 Å². The van der Waals surface area contributed by atoms with Gasteiger partial charge < -0.3 is 15.3 Å². The van der Waals surface area contributed by atoms with Gasteiger partial charge in [0.05, 0.1) is 13.2 Å². The number of rotatable bonds is 3. The molecular weight excluding hydrogens is 218 g/mol. The fourth-order valence-electron chi connectivity index (χ4n) is 1.71. The van der Waals surface area contributed by atoms with Crippen molar-refractivity contribution in [1.82, 2.24) is 0 Å². The summed E-state index contributed by atoms with van der Waals surface area (Å²) >= 11 is 0. The second-order valence-corrected chi connectivity index (χ2v) is 3.63. The Hall–Kier alpha value is -2.07. The lowest BCUT2D eigenvalue weighted by Crippen LogP contribution is -1.91. The van der Waals surface area contributed by atoms with Crippen molar-refractivity contribution in [3.05, 3.63) is 35.9 Å². The van der Waals surface area contributed by atoms with E-state index >= 15 is 0 Å². The van der Waals surface area contributed by atoms with Crippen LogP contribution < -0.4 is 0 Å². The summed E-state index contributed by atoms with van der Waals surface area (Å²) in [7, 11) is 0. The second-order valence-electron chi connectivity index (χ2n) is 3.63. The first-order valence-electron chi connectivity index (χ1n) is 5.28. The van der Waals surface area contributed by atoms with Crippen LogP contribution in [0.25, 0.3) is 10.8 Å². The van der Waals surface area contributed by atoms with E-state index in [2.05, 4.69) is 4.99 Å². The first kappa shape index (κ1) is 11.4. The van der Waals surface area contributed by atoms with Crippen molar-refractivity contribution in [3.63, 3.8) is 0 Å². The van der Waals surface area contributed by atoms with Crippen LogP contribution in [0.2, 0.25) is 0 Å². The number of aliphatic hydroxyl groups excluding tert-OH is 1. The zero-order valence-electron chi connectivity index (χ0n) is 9.17. The molecule has 3 N–H and O–H groups in total. The fourth-order valence-corrected chi connectivity index (χ4v) is 1.71. The molecule has 0 bridgehead atoms. The van der Waals surface area contributed by atoms with Gasteiger partial charge in [-0.1, -0.05) is 24.3 Å². The van der Waals surface area contributed by atoms with Gasteiger partial charge in [-0.05, 0) is 5.39 Å². The van der Waals surface area contributed by atoms with Crippen molar-refractivity contribution in [2.45, 2.75) is 0 Å². The lowest BCUT2D eigenvalue weighted by Gasteiger charge is -2.06. The van der Waals surface area contributed by atoms with E-state index in [4.69, 9.17) is 5.11 Å². The molecule has 0 radical (unpaired) electrons. The number of aromatic hydroxyl groups is 2. The highest BCUT2D eigenvalue weighted by molar-refractivity contribution is 6.04. The van der Waals surface area contributed by atoms with Gasteiger partial charge in [-0.3, -0.25) is 4.99 Å². The van der Waals surface area contributed by atoms with E-state index in [0.717, 1.165) is 5.39 Å². The van der Waals surface area contributed by atoms with Crippen LogP contribution in [0.4, 0.5) is 0 Å². The molecule has 0 saturated heterocycles. The minimum atomic E-state index is -0.0344. The maximum atomic E-state index is 9.77. The monoisotopic (exact) mass is 231 g/mol. The molecule has 4 nitrogen and oxygen atoms in total. The number of aliphatic imine (C=N–C) groups is 1. The van der Waals surface area contributed by atoms with Gasteiger partial charge in [0, 0.05) is 23.2 Å². The van der Waals surface area contributed by atoms with Gasteiger partial charge >= 0.3 is 0 Å². The SMILES string of the molecule is OCC/N=C/c1c(O)cc(O)c2ccccc12. The third-order valence-electron chi connectivity index (χ3n) is 2.49. The lowest BCUT2D eigenvalue weighted by atomic mass is 10.0. The number of hydrogen-bond donors (Lipinski definition) is 3. The molecule has 4 heteroatoms. The molecule has 0 spiro atoms. The van der Waals surface area contributed by atoms with Crippen molar-refractivity contribution in [2.24, 2.45) is 4.99 Å². The van der Waals surface area contributed by atoms with Crippen LogP contribution in [0, 0.1) is 0 Å².